The van der Waals surface area contributed by atoms with Crippen LogP contribution in [0.25, 0.3) is 6.08 Å². The third-order valence-electron chi connectivity index (χ3n) is 5.10. The van der Waals surface area contributed by atoms with Gasteiger partial charge < -0.3 is 9.47 Å². The molecule has 0 aliphatic carbocycles. The number of nitrogens with zero attached hydrogens (tertiary/aromatic N) is 2. The number of benzene rings is 2. The van der Waals surface area contributed by atoms with E-state index in [1.807, 2.05) is 61.5 Å². The van der Waals surface area contributed by atoms with E-state index in [0.29, 0.717) is 27.2 Å². The van der Waals surface area contributed by atoms with Gasteiger partial charge in [0.25, 0.3) is 5.56 Å². The molecule has 0 radical (unpaired) electrons. The quantitative estimate of drug-likeness (QED) is 0.490. The first-order valence-electron chi connectivity index (χ1n) is 10.0. The molecule has 0 spiro atoms. The van der Waals surface area contributed by atoms with E-state index in [4.69, 9.17) is 9.47 Å². The number of thiazole rings is 1. The maximum atomic E-state index is 13.5. The standard InChI is InChI=1S/C24H21BrN2O4S/c1-4-31-18-11-10-15(12-17(18)25)13-19-22(28)27-21(16-8-6-5-7-9-16)20(23(29)30-3)14(2)26-24(27)32-19/h5-13,21H,4H2,1-3H3. The summed E-state index contributed by atoms with van der Waals surface area (Å²) in [4.78, 5) is 31.2. The minimum Gasteiger partial charge on any atom is -0.493 e. The van der Waals surface area contributed by atoms with Crippen molar-refractivity contribution in [1.29, 1.82) is 0 Å². The van der Waals surface area contributed by atoms with Gasteiger partial charge in [-0.05, 0) is 59.1 Å². The molecule has 1 aliphatic heterocycles. The van der Waals surface area contributed by atoms with Crippen molar-refractivity contribution in [1.82, 2.24) is 4.57 Å². The second-order valence-corrected chi connectivity index (χ2v) is 8.97. The van der Waals surface area contributed by atoms with Gasteiger partial charge in [-0.2, -0.15) is 0 Å². The van der Waals surface area contributed by atoms with Gasteiger partial charge in [-0.15, -0.1) is 0 Å². The Morgan fingerprint density at radius 2 is 2.00 bits per heavy atom. The molecule has 0 N–H and O–H groups in total. The molecule has 164 valence electrons. The normalized spacial score (nSPS) is 15.9. The van der Waals surface area contributed by atoms with Gasteiger partial charge in [0.15, 0.2) is 4.80 Å². The van der Waals surface area contributed by atoms with Crippen molar-refractivity contribution in [3.8, 4) is 5.75 Å². The van der Waals surface area contributed by atoms with Crippen LogP contribution in [0.1, 0.15) is 31.0 Å². The molecule has 1 unspecified atom stereocenters. The molecule has 1 aliphatic rings. The maximum absolute atomic E-state index is 13.5. The number of aromatic nitrogens is 1. The van der Waals surface area contributed by atoms with Gasteiger partial charge in [0.05, 0.1) is 40.0 Å². The summed E-state index contributed by atoms with van der Waals surface area (Å²) in [5, 5.41) is 0. The van der Waals surface area contributed by atoms with Crippen molar-refractivity contribution in [3.63, 3.8) is 0 Å². The lowest BCUT2D eigenvalue weighted by atomic mass is 9.96. The van der Waals surface area contributed by atoms with Gasteiger partial charge in [0.1, 0.15) is 5.75 Å². The summed E-state index contributed by atoms with van der Waals surface area (Å²) in [7, 11) is 1.33. The second kappa shape index (κ2) is 9.26. The number of rotatable bonds is 5. The number of carbonyl (C=O) groups is 1. The summed E-state index contributed by atoms with van der Waals surface area (Å²) < 4.78 is 13.5. The Kier molecular flexibility index (Phi) is 6.43. The Morgan fingerprint density at radius 1 is 1.25 bits per heavy atom. The molecule has 6 nitrogen and oxygen atoms in total. The molecule has 1 atom stereocenters. The number of allylic oxidation sites excluding steroid dienone is 1. The third kappa shape index (κ3) is 4.08. The highest BCUT2D eigenvalue weighted by atomic mass is 79.9. The Balaban J connectivity index is 1.90. The molecule has 0 amide bonds. The molecule has 1 aromatic heterocycles. The summed E-state index contributed by atoms with van der Waals surface area (Å²) in [6.07, 6.45) is 1.82. The fourth-order valence-corrected chi connectivity index (χ4v) is 5.23. The van der Waals surface area contributed by atoms with Gasteiger partial charge in [-0.3, -0.25) is 9.36 Å². The molecule has 0 bridgehead atoms. The monoisotopic (exact) mass is 512 g/mol. The average Bonchev–Trinajstić information content (AvgIpc) is 3.09. The predicted octanol–water partition coefficient (Wildman–Crippen LogP) is 3.57. The van der Waals surface area contributed by atoms with Crippen LogP contribution < -0.4 is 19.6 Å². The van der Waals surface area contributed by atoms with Crippen molar-refractivity contribution >= 4 is 39.3 Å². The lowest BCUT2D eigenvalue weighted by Gasteiger charge is -2.24. The van der Waals surface area contributed by atoms with Crippen LogP contribution in [-0.2, 0) is 9.53 Å². The Morgan fingerprint density at radius 3 is 2.66 bits per heavy atom. The van der Waals surface area contributed by atoms with Crippen LogP contribution in [0.4, 0.5) is 0 Å². The van der Waals surface area contributed by atoms with E-state index in [0.717, 1.165) is 21.3 Å². The number of fused-ring (bicyclic) bond motifs is 1. The molecule has 0 fully saturated rings. The molecule has 2 aromatic carbocycles. The molecule has 3 aromatic rings. The molecule has 8 heteroatoms. The number of esters is 1. The van der Waals surface area contributed by atoms with Crippen LogP contribution in [0.3, 0.4) is 0 Å². The Bertz CT molecular complexity index is 1390. The highest BCUT2D eigenvalue weighted by Crippen LogP contribution is 2.30. The first-order valence-corrected chi connectivity index (χ1v) is 11.6. The number of ether oxygens (including phenoxy) is 2. The Labute approximate surface area is 197 Å². The zero-order valence-corrected chi connectivity index (χ0v) is 20.2. The molecule has 4 rings (SSSR count). The first kappa shape index (κ1) is 22.2. The van der Waals surface area contributed by atoms with Crippen molar-refractivity contribution in [2.45, 2.75) is 19.9 Å². The minimum absolute atomic E-state index is 0.207. The summed E-state index contributed by atoms with van der Waals surface area (Å²) in [6, 6.07) is 14.5. The van der Waals surface area contributed by atoms with Crippen LogP contribution in [0, 0.1) is 0 Å². The number of hydrogen-bond donors (Lipinski definition) is 0. The minimum atomic E-state index is -0.603. The summed E-state index contributed by atoms with van der Waals surface area (Å²) >= 11 is 4.81. The molecular formula is C24H21BrN2O4S. The summed E-state index contributed by atoms with van der Waals surface area (Å²) in [5.41, 5.74) is 2.37. The van der Waals surface area contributed by atoms with Gasteiger partial charge in [-0.1, -0.05) is 47.7 Å². The van der Waals surface area contributed by atoms with Gasteiger partial charge >= 0.3 is 5.97 Å². The molecule has 2 heterocycles. The van der Waals surface area contributed by atoms with Gasteiger partial charge in [0.2, 0.25) is 0 Å². The van der Waals surface area contributed by atoms with Gasteiger partial charge in [0, 0.05) is 0 Å². The highest BCUT2D eigenvalue weighted by molar-refractivity contribution is 9.10. The highest BCUT2D eigenvalue weighted by Gasteiger charge is 2.32. The summed E-state index contributed by atoms with van der Waals surface area (Å²) in [5.74, 6) is 0.248. The second-order valence-electron chi connectivity index (χ2n) is 7.11. The molecule has 32 heavy (non-hydrogen) atoms. The largest absolute Gasteiger partial charge is 0.493 e. The van der Waals surface area contributed by atoms with E-state index in [2.05, 4.69) is 20.9 Å². The third-order valence-corrected chi connectivity index (χ3v) is 6.70. The van der Waals surface area contributed by atoms with E-state index in [9.17, 15) is 9.59 Å². The van der Waals surface area contributed by atoms with E-state index < -0.39 is 12.0 Å². The molecular weight excluding hydrogens is 492 g/mol. The van der Waals surface area contributed by atoms with E-state index in [1.54, 1.807) is 11.5 Å². The van der Waals surface area contributed by atoms with Crippen molar-refractivity contribution in [2.24, 2.45) is 4.99 Å². The fourth-order valence-electron chi connectivity index (χ4n) is 3.67. The van der Waals surface area contributed by atoms with E-state index in [1.165, 1.54) is 18.4 Å². The SMILES string of the molecule is CCOc1ccc(C=c2sc3n(c2=O)C(c2ccccc2)C(C(=O)OC)=C(C)N=3)cc1Br. The Hall–Kier alpha value is -2.97. The lowest BCUT2D eigenvalue weighted by molar-refractivity contribution is -0.136. The average molecular weight is 513 g/mol. The first-order chi connectivity index (χ1) is 15.4. The van der Waals surface area contributed by atoms with Crippen molar-refractivity contribution in [3.05, 3.63) is 95.1 Å². The van der Waals surface area contributed by atoms with Crippen LogP contribution in [-0.4, -0.2) is 24.3 Å². The van der Waals surface area contributed by atoms with Crippen LogP contribution in [0.2, 0.25) is 0 Å². The maximum Gasteiger partial charge on any atom is 0.338 e. The van der Waals surface area contributed by atoms with Crippen LogP contribution in [0.5, 0.6) is 5.75 Å². The van der Waals surface area contributed by atoms with E-state index in [-0.39, 0.29) is 5.56 Å². The number of halogens is 1. The lowest BCUT2D eigenvalue weighted by Crippen LogP contribution is -2.39. The molecule has 0 saturated heterocycles. The predicted molar refractivity (Wildman–Crippen MR) is 128 cm³/mol. The van der Waals surface area contributed by atoms with E-state index >= 15 is 0 Å². The summed E-state index contributed by atoms with van der Waals surface area (Å²) in [6.45, 7) is 4.26. The smallest absolute Gasteiger partial charge is 0.338 e. The zero-order chi connectivity index (χ0) is 22.8. The van der Waals surface area contributed by atoms with Crippen LogP contribution in [0.15, 0.2) is 74.1 Å². The fraction of sp³-hybridized carbons (Fsp3) is 0.208. The van der Waals surface area contributed by atoms with Crippen LogP contribution >= 0.6 is 27.3 Å². The van der Waals surface area contributed by atoms with Crippen molar-refractivity contribution in [2.75, 3.05) is 13.7 Å². The number of carbonyl (C=O) groups excluding carboxylic acids is 1. The number of hydrogen-bond acceptors (Lipinski definition) is 6. The van der Waals surface area contributed by atoms with Crippen molar-refractivity contribution < 1.29 is 14.3 Å². The zero-order valence-electron chi connectivity index (χ0n) is 17.8. The molecule has 0 saturated carbocycles. The topological polar surface area (TPSA) is 69.9 Å². The van der Waals surface area contributed by atoms with Gasteiger partial charge in [-0.25, -0.2) is 9.79 Å². The number of methoxy groups -OCH3 is 1.